The number of para-hydroxylation sites is 1. The van der Waals surface area contributed by atoms with Gasteiger partial charge in [0.25, 0.3) is 5.56 Å². The van der Waals surface area contributed by atoms with E-state index in [9.17, 15) is 18.0 Å². The number of ether oxygens (including phenoxy) is 1. The molecule has 1 saturated heterocycles. The fourth-order valence-corrected chi connectivity index (χ4v) is 5.91. The monoisotopic (exact) mass is 368 g/mol. The van der Waals surface area contributed by atoms with Gasteiger partial charge < -0.3 is 9.72 Å². The topological polar surface area (TPSA) is 106 Å². The number of nitrogens with one attached hydrogen (secondary N) is 1. The van der Waals surface area contributed by atoms with Crippen LogP contribution >= 0.6 is 11.8 Å². The molecule has 0 spiro atoms. The number of carbonyl (C=O) groups excluding carboxylic acids is 1. The Hall–Kier alpha value is -1.87. The summed E-state index contributed by atoms with van der Waals surface area (Å²) in [5.74, 6) is 0.199. The van der Waals surface area contributed by atoms with Crippen LogP contribution in [0.15, 0.2) is 29.1 Å². The Morgan fingerprint density at radius 3 is 2.92 bits per heavy atom. The van der Waals surface area contributed by atoms with Crippen LogP contribution in [0, 0.1) is 0 Å². The number of aromatic nitrogens is 2. The van der Waals surface area contributed by atoms with E-state index in [1.807, 2.05) is 0 Å². The summed E-state index contributed by atoms with van der Waals surface area (Å²) in [6, 6.07) is 6.91. The minimum Gasteiger partial charge on any atom is -0.457 e. The molecule has 3 rings (SSSR count). The molecule has 0 bridgehead atoms. The molecule has 0 saturated carbocycles. The Morgan fingerprint density at radius 2 is 2.17 bits per heavy atom. The van der Waals surface area contributed by atoms with Crippen molar-refractivity contribution in [2.45, 2.75) is 18.3 Å². The Kier molecular flexibility index (Phi) is 4.91. The van der Waals surface area contributed by atoms with Crippen LogP contribution in [-0.2, 0) is 26.0 Å². The largest absolute Gasteiger partial charge is 0.457 e. The van der Waals surface area contributed by atoms with E-state index in [1.165, 1.54) is 11.8 Å². The fourth-order valence-electron chi connectivity index (χ4n) is 2.47. The summed E-state index contributed by atoms with van der Waals surface area (Å²) >= 11 is 1.29. The number of nitrogens with zero attached hydrogens (tertiary/aromatic N) is 1. The zero-order valence-electron chi connectivity index (χ0n) is 12.7. The third-order valence-corrected chi connectivity index (χ3v) is 6.91. The second-order valence-corrected chi connectivity index (χ2v) is 9.04. The summed E-state index contributed by atoms with van der Waals surface area (Å²) in [7, 11) is -2.95. The molecule has 7 nitrogen and oxygen atoms in total. The first-order valence-corrected chi connectivity index (χ1v) is 10.3. The first kappa shape index (κ1) is 17.0. The van der Waals surface area contributed by atoms with Gasteiger partial charge in [-0.05, 0) is 18.6 Å². The standard InChI is InChI=1S/C15H16N2O5S2/c18-14(8-23-10-5-6-24(20,21)9-10)22-7-13-16-12-4-2-1-3-11(12)15(19)17-13/h1-4,10H,5-9H2,(H,16,17,19)/t10-/m0/s1. The SMILES string of the molecule is O=C(CS[C@H]1CCS(=O)(=O)C1)OCc1nc2ccccc2c(=O)[nH]1. The minimum absolute atomic E-state index is 0.0545. The maximum Gasteiger partial charge on any atom is 0.316 e. The van der Waals surface area contributed by atoms with Crippen molar-refractivity contribution in [1.29, 1.82) is 0 Å². The number of carbonyl (C=O) groups is 1. The molecule has 0 radical (unpaired) electrons. The number of aromatic amines is 1. The Morgan fingerprint density at radius 1 is 1.38 bits per heavy atom. The van der Waals surface area contributed by atoms with Crippen LogP contribution in [0.2, 0.25) is 0 Å². The molecule has 1 aromatic heterocycles. The minimum atomic E-state index is -2.95. The van der Waals surface area contributed by atoms with Crippen LogP contribution in [0.1, 0.15) is 12.2 Å². The lowest BCUT2D eigenvalue weighted by Gasteiger charge is -2.08. The Bertz CT molecular complexity index is 923. The number of hydrogen-bond acceptors (Lipinski definition) is 7. The Labute approximate surface area is 142 Å². The van der Waals surface area contributed by atoms with Gasteiger partial charge in [-0.3, -0.25) is 9.59 Å². The van der Waals surface area contributed by atoms with Gasteiger partial charge in [-0.15, -0.1) is 11.8 Å². The average Bonchev–Trinajstić information content (AvgIpc) is 2.90. The molecule has 1 aromatic carbocycles. The summed E-state index contributed by atoms with van der Waals surface area (Å²) < 4.78 is 27.8. The molecule has 2 aromatic rings. The lowest BCUT2D eigenvalue weighted by atomic mass is 10.2. The highest BCUT2D eigenvalue weighted by Gasteiger charge is 2.28. The number of sulfone groups is 1. The zero-order chi connectivity index (χ0) is 17.2. The Balaban J connectivity index is 1.54. The molecule has 1 fully saturated rings. The number of thioether (sulfide) groups is 1. The van der Waals surface area contributed by atoms with Gasteiger partial charge >= 0.3 is 5.97 Å². The van der Waals surface area contributed by atoms with Crippen LogP contribution in [0.3, 0.4) is 0 Å². The molecule has 1 atom stereocenters. The number of hydrogen-bond donors (Lipinski definition) is 1. The van der Waals surface area contributed by atoms with E-state index in [4.69, 9.17) is 4.74 Å². The number of H-pyrrole nitrogens is 1. The van der Waals surface area contributed by atoms with Crippen molar-refractivity contribution in [3.8, 4) is 0 Å². The van der Waals surface area contributed by atoms with Gasteiger partial charge in [0.1, 0.15) is 12.4 Å². The smallest absolute Gasteiger partial charge is 0.316 e. The van der Waals surface area contributed by atoms with E-state index in [-0.39, 0.29) is 40.5 Å². The van der Waals surface area contributed by atoms with Crippen molar-refractivity contribution < 1.29 is 17.9 Å². The fraction of sp³-hybridized carbons (Fsp3) is 0.400. The second kappa shape index (κ2) is 6.94. The number of rotatable bonds is 5. The molecule has 128 valence electrons. The lowest BCUT2D eigenvalue weighted by molar-refractivity contribution is -0.141. The second-order valence-electron chi connectivity index (χ2n) is 5.53. The number of esters is 1. The van der Waals surface area contributed by atoms with Gasteiger partial charge in [0, 0.05) is 5.25 Å². The van der Waals surface area contributed by atoms with Crippen molar-refractivity contribution in [3.05, 3.63) is 40.4 Å². The van der Waals surface area contributed by atoms with Crippen molar-refractivity contribution in [2.75, 3.05) is 17.3 Å². The molecular weight excluding hydrogens is 352 g/mol. The highest BCUT2D eigenvalue weighted by atomic mass is 32.2. The number of fused-ring (bicyclic) bond motifs is 1. The first-order chi connectivity index (χ1) is 11.4. The van der Waals surface area contributed by atoms with Crippen molar-refractivity contribution in [1.82, 2.24) is 9.97 Å². The average molecular weight is 368 g/mol. The van der Waals surface area contributed by atoms with Crippen molar-refractivity contribution in [3.63, 3.8) is 0 Å². The van der Waals surface area contributed by atoms with Gasteiger partial charge in [-0.2, -0.15) is 0 Å². The lowest BCUT2D eigenvalue weighted by Crippen LogP contribution is -2.16. The highest BCUT2D eigenvalue weighted by Crippen LogP contribution is 2.24. The highest BCUT2D eigenvalue weighted by molar-refractivity contribution is 8.02. The summed E-state index contributed by atoms with van der Waals surface area (Å²) in [4.78, 5) is 30.5. The molecule has 24 heavy (non-hydrogen) atoms. The molecule has 1 aliphatic heterocycles. The molecule has 1 N–H and O–H groups in total. The summed E-state index contributed by atoms with van der Waals surface area (Å²) in [5, 5.41) is 0.423. The van der Waals surface area contributed by atoms with Gasteiger partial charge in [-0.1, -0.05) is 12.1 Å². The van der Waals surface area contributed by atoms with E-state index in [2.05, 4.69) is 9.97 Å². The first-order valence-electron chi connectivity index (χ1n) is 7.38. The predicted octanol–water partition coefficient (Wildman–Crippen LogP) is 0.887. The summed E-state index contributed by atoms with van der Waals surface area (Å²) in [6.45, 7) is -0.123. The van der Waals surface area contributed by atoms with Gasteiger partial charge in [0.2, 0.25) is 0 Å². The van der Waals surface area contributed by atoms with Crippen molar-refractivity contribution >= 4 is 38.5 Å². The third kappa shape index (κ3) is 4.15. The van der Waals surface area contributed by atoms with E-state index in [0.29, 0.717) is 17.3 Å². The van der Waals surface area contributed by atoms with Crippen molar-refractivity contribution in [2.24, 2.45) is 0 Å². The van der Waals surface area contributed by atoms with Gasteiger partial charge in [0.05, 0.1) is 28.2 Å². The van der Waals surface area contributed by atoms with Crippen LogP contribution in [-0.4, -0.2) is 46.9 Å². The van der Waals surface area contributed by atoms with E-state index >= 15 is 0 Å². The normalized spacial score (nSPS) is 19.4. The van der Waals surface area contributed by atoms with Crippen LogP contribution in [0.5, 0.6) is 0 Å². The third-order valence-electron chi connectivity index (χ3n) is 3.66. The van der Waals surface area contributed by atoms with Gasteiger partial charge in [0.15, 0.2) is 9.84 Å². The number of benzene rings is 1. The molecule has 1 aliphatic rings. The molecule has 0 amide bonds. The van der Waals surface area contributed by atoms with Crippen LogP contribution in [0.25, 0.3) is 10.9 Å². The maximum atomic E-state index is 11.9. The molecule has 2 heterocycles. The quantitative estimate of drug-likeness (QED) is 0.781. The zero-order valence-corrected chi connectivity index (χ0v) is 14.4. The van der Waals surface area contributed by atoms with Crippen LogP contribution < -0.4 is 5.56 Å². The van der Waals surface area contributed by atoms with Crippen LogP contribution in [0.4, 0.5) is 0 Å². The molecule has 0 aliphatic carbocycles. The predicted molar refractivity (Wildman–Crippen MR) is 91.7 cm³/mol. The maximum absolute atomic E-state index is 11.9. The summed E-state index contributed by atoms with van der Waals surface area (Å²) in [5.41, 5.74) is 0.259. The molecule has 9 heteroatoms. The van der Waals surface area contributed by atoms with E-state index < -0.39 is 15.8 Å². The summed E-state index contributed by atoms with van der Waals surface area (Å²) in [6.07, 6.45) is 0.569. The molecule has 0 unspecified atom stereocenters. The van der Waals surface area contributed by atoms with E-state index in [0.717, 1.165) is 0 Å². The van der Waals surface area contributed by atoms with E-state index in [1.54, 1.807) is 24.3 Å². The van der Waals surface area contributed by atoms with Gasteiger partial charge in [-0.25, -0.2) is 13.4 Å². The molecular formula is C15H16N2O5S2.